The molecule has 1 saturated carbocycles. The van der Waals surface area contributed by atoms with Crippen LogP contribution in [0.4, 0.5) is 0 Å². The van der Waals surface area contributed by atoms with Crippen LogP contribution in [0, 0.1) is 0 Å². The first-order chi connectivity index (χ1) is 8.73. The summed E-state index contributed by atoms with van der Waals surface area (Å²) in [5, 5.41) is 0. The molecule has 3 rings (SSSR count). The minimum Gasteiger partial charge on any atom is -0.357 e. The second-order valence-electron chi connectivity index (χ2n) is 5.13. The zero-order valence-electron chi connectivity index (χ0n) is 10.2. The van der Waals surface area contributed by atoms with E-state index in [0.717, 1.165) is 0 Å². The number of halogens is 2. The van der Waals surface area contributed by atoms with Gasteiger partial charge < -0.3 is 4.74 Å². The number of benzene rings is 1. The molecule has 1 unspecified atom stereocenters. The van der Waals surface area contributed by atoms with Gasteiger partial charge >= 0.3 is 0 Å². The predicted molar refractivity (Wildman–Crippen MR) is 91.2 cm³/mol. The van der Waals surface area contributed by atoms with Gasteiger partial charge in [-0.3, -0.25) is 0 Å². The van der Waals surface area contributed by atoms with Crippen LogP contribution < -0.4 is 0 Å². The third-order valence-electron chi connectivity index (χ3n) is 3.95. The Labute approximate surface area is 136 Å². The molecule has 1 aliphatic heterocycles. The maximum Gasteiger partial charge on any atom is 0.115 e. The van der Waals surface area contributed by atoms with E-state index in [9.17, 15) is 0 Å². The summed E-state index contributed by atoms with van der Waals surface area (Å²) in [4.78, 5) is 0. The fourth-order valence-corrected chi connectivity index (χ4v) is 4.89. The Morgan fingerprint density at radius 1 is 1.00 bits per heavy atom. The van der Waals surface area contributed by atoms with E-state index in [2.05, 4.69) is 75.5 Å². The average molecular weight is 466 g/mol. The highest BCUT2D eigenvalue weighted by molar-refractivity contribution is 14.1. The van der Waals surface area contributed by atoms with Gasteiger partial charge in [-0.1, -0.05) is 49.6 Å². The van der Waals surface area contributed by atoms with Gasteiger partial charge in [-0.2, -0.15) is 0 Å². The molecule has 1 spiro atoms. The number of rotatable bonds is 1. The molecule has 96 valence electrons. The standard InChI is InChI=1S/C15H16I2O/c16-12-13(11-7-3-1-4-8-11)18-15(14(12)17)9-5-2-6-10-15/h1,3-4,7-8,13H,2,5-6,9-10H2. The van der Waals surface area contributed by atoms with Gasteiger partial charge in [-0.15, -0.1) is 0 Å². The van der Waals surface area contributed by atoms with Crippen LogP contribution in [0.1, 0.15) is 43.8 Å². The molecule has 0 bridgehead atoms. The number of hydrogen-bond donors (Lipinski definition) is 0. The van der Waals surface area contributed by atoms with Gasteiger partial charge in [0.1, 0.15) is 11.7 Å². The molecule has 0 saturated heterocycles. The zero-order chi connectivity index (χ0) is 12.6. The topological polar surface area (TPSA) is 9.23 Å². The fourth-order valence-electron chi connectivity index (χ4n) is 2.96. The van der Waals surface area contributed by atoms with Gasteiger partial charge in [0.25, 0.3) is 0 Å². The lowest BCUT2D eigenvalue weighted by Gasteiger charge is -2.34. The van der Waals surface area contributed by atoms with Crippen LogP contribution >= 0.6 is 45.2 Å². The minimum atomic E-state index is 0.0375. The van der Waals surface area contributed by atoms with Crippen LogP contribution in [-0.2, 0) is 4.74 Å². The van der Waals surface area contributed by atoms with Crippen LogP contribution in [-0.4, -0.2) is 5.60 Å². The highest BCUT2D eigenvalue weighted by atomic mass is 127. The summed E-state index contributed by atoms with van der Waals surface area (Å²) >= 11 is 5.00. The molecule has 18 heavy (non-hydrogen) atoms. The largest absolute Gasteiger partial charge is 0.357 e. The van der Waals surface area contributed by atoms with Crippen molar-refractivity contribution in [2.24, 2.45) is 0 Å². The summed E-state index contributed by atoms with van der Waals surface area (Å²) in [6.07, 6.45) is 6.52. The molecule has 0 amide bonds. The SMILES string of the molecule is IC1=C(I)C2(CCCCC2)OC1c1ccccc1. The Bertz CT molecular complexity index is 461. The normalized spacial score (nSPS) is 26.9. The molecule has 2 aliphatic rings. The Morgan fingerprint density at radius 2 is 1.67 bits per heavy atom. The summed E-state index contributed by atoms with van der Waals surface area (Å²) in [7, 11) is 0. The smallest absolute Gasteiger partial charge is 0.115 e. The van der Waals surface area contributed by atoms with Crippen molar-refractivity contribution in [1.82, 2.24) is 0 Å². The molecule has 0 N–H and O–H groups in total. The van der Waals surface area contributed by atoms with E-state index in [1.165, 1.54) is 44.8 Å². The summed E-state index contributed by atoms with van der Waals surface area (Å²) in [5.41, 5.74) is 1.33. The van der Waals surface area contributed by atoms with E-state index < -0.39 is 0 Å². The second-order valence-corrected chi connectivity index (χ2v) is 7.37. The molecule has 1 aliphatic carbocycles. The van der Waals surface area contributed by atoms with Gasteiger partial charge in [0.15, 0.2) is 0 Å². The molecule has 1 fully saturated rings. The van der Waals surface area contributed by atoms with Crippen LogP contribution in [0.25, 0.3) is 0 Å². The van der Waals surface area contributed by atoms with E-state index in [1.807, 2.05) is 0 Å². The maximum atomic E-state index is 6.51. The van der Waals surface area contributed by atoms with Crippen molar-refractivity contribution in [2.45, 2.75) is 43.8 Å². The summed E-state index contributed by atoms with van der Waals surface area (Å²) in [6.45, 7) is 0. The minimum absolute atomic E-state index is 0.0375. The molecule has 3 heteroatoms. The third-order valence-corrected chi connectivity index (χ3v) is 7.65. The van der Waals surface area contributed by atoms with Crippen molar-refractivity contribution >= 4 is 45.2 Å². The molecule has 0 radical (unpaired) electrons. The second kappa shape index (κ2) is 5.40. The Hall–Kier alpha value is 0.380. The van der Waals surface area contributed by atoms with E-state index in [0.29, 0.717) is 0 Å². The number of ether oxygens (including phenoxy) is 1. The van der Waals surface area contributed by atoms with Crippen molar-refractivity contribution in [1.29, 1.82) is 0 Å². The third kappa shape index (κ3) is 2.26. The van der Waals surface area contributed by atoms with E-state index in [4.69, 9.17) is 4.74 Å². The van der Waals surface area contributed by atoms with Gasteiger partial charge in [-0.25, -0.2) is 0 Å². The van der Waals surface area contributed by atoms with Crippen LogP contribution in [0.15, 0.2) is 37.5 Å². The monoisotopic (exact) mass is 466 g/mol. The maximum absolute atomic E-state index is 6.51. The van der Waals surface area contributed by atoms with Crippen molar-refractivity contribution in [3.63, 3.8) is 0 Å². The fraction of sp³-hybridized carbons (Fsp3) is 0.467. The first-order valence-corrected chi connectivity index (χ1v) is 8.67. The molecule has 0 aromatic heterocycles. The van der Waals surface area contributed by atoms with Gasteiger partial charge in [0.05, 0.1) is 0 Å². The van der Waals surface area contributed by atoms with Gasteiger partial charge in [-0.05, 0) is 63.6 Å². The van der Waals surface area contributed by atoms with Crippen molar-refractivity contribution in [2.75, 3.05) is 0 Å². The zero-order valence-corrected chi connectivity index (χ0v) is 14.5. The van der Waals surface area contributed by atoms with Crippen LogP contribution in [0.5, 0.6) is 0 Å². The molecule has 1 atom stereocenters. The van der Waals surface area contributed by atoms with Crippen molar-refractivity contribution < 1.29 is 4.74 Å². The Balaban J connectivity index is 1.93. The van der Waals surface area contributed by atoms with Gasteiger partial charge in [0.2, 0.25) is 0 Å². The number of hydrogen-bond acceptors (Lipinski definition) is 1. The molecule has 1 heterocycles. The highest BCUT2D eigenvalue weighted by Gasteiger charge is 2.46. The average Bonchev–Trinajstić information content (AvgIpc) is 2.67. The van der Waals surface area contributed by atoms with Crippen molar-refractivity contribution in [3.8, 4) is 0 Å². The van der Waals surface area contributed by atoms with E-state index in [-0.39, 0.29) is 11.7 Å². The Kier molecular flexibility index (Phi) is 4.01. The first kappa shape index (κ1) is 13.4. The van der Waals surface area contributed by atoms with Crippen molar-refractivity contribution in [3.05, 3.63) is 43.1 Å². The molecule has 1 aromatic carbocycles. The molecule has 1 nitrogen and oxygen atoms in total. The Morgan fingerprint density at radius 3 is 2.33 bits per heavy atom. The van der Waals surface area contributed by atoms with E-state index in [1.54, 1.807) is 0 Å². The summed E-state index contributed by atoms with van der Waals surface area (Å²) in [6, 6.07) is 10.6. The first-order valence-electron chi connectivity index (χ1n) is 6.51. The van der Waals surface area contributed by atoms with Gasteiger partial charge in [0, 0.05) is 7.16 Å². The summed E-state index contributed by atoms with van der Waals surface area (Å²) in [5.74, 6) is 0. The quantitative estimate of drug-likeness (QED) is 0.494. The molecule has 1 aromatic rings. The lowest BCUT2D eigenvalue weighted by molar-refractivity contribution is -0.0486. The lowest BCUT2D eigenvalue weighted by atomic mass is 9.85. The highest BCUT2D eigenvalue weighted by Crippen LogP contribution is 2.54. The van der Waals surface area contributed by atoms with Crippen LogP contribution in [0.2, 0.25) is 0 Å². The lowest BCUT2D eigenvalue weighted by Crippen LogP contribution is -2.32. The summed E-state index contributed by atoms with van der Waals surface area (Å²) < 4.78 is 9.35. The van der Waals surface area contributed by atoms with Crippen LogP contribution in [0.3, 0.4) is 0 Å². The molecular formula is C15H16I2O. The predicted octanol–water partition coefficient (Wildman–Crippen LogP) is 5.54. The molecular weight excluding hydrogens is 450 g/mol. The van der Waals surface area contributed by atoms with E-state index >= 15 is 0 Å².